The molecule has 1 aliphatic heterocycles. The maximum atomic E-state index is 9.48. The van der Waals surface area contributed by atoms with Crippen LogP contribution < -0.4 is 5.32 Å². The zero-order chi connectivity index (χ0) is 18.4. The first-order valence-electron chi connectivity index (χ1n) is 9.21. The lowest BCUT2D eigenvalue weighted by Crippen LogP contribution is -2.22. The number of nitrogens with one attached hydrogen (secondary N) is 1. The van der Waals surface area contributed by atoms with E-state index in [4.69, 9.17) is 16.3 Å². The molecule has 0 aromatic carbocycles. The first kappa shape index (κ1) is 19.1. The number of aliphatic hydroxyl groups excluding tert-OH is 1. The number of nitrogens with zero attached hydrogens (tertiary/aromatic N) is 2. The number of aryl methyl sites for hydroxylation is 1. The third kappa shape index (κ3) is 5.40. The SMILES string of the molecule is C[C@H](O)CCc1cc(-c2cncc(NCC3CCOCC3)c2)c(Cl)cn1. The van der Waals surface area contributed by atoms with Crippen molar-refractivity contribution in [1.29, 1.82) is 0 Å². The molecule has 1 aliphatic rings. The molecular weight excluding hydrogens is 350 g/mol. The maximum Gasteiger partial charge on any atom is 0.0668 e. The lowest BCUT2D eigenvalue weighted by molar-refractivity contribution is 0.0699. The van der Waals surface area contributed by atoms with Crippen LogP contribution in [0, 0.1) is 5.92 Å². The monoisotopic (exact) mass is 375 g/mol. The van der Waals surface area contributed by atoms with Gasteiger partial charge >= 0.3 is 0 Å². The number of ether oxygens (including phenoxy) is 1. The Morgan fingerprint density at radius 1 is 1.27 bits per heavy atom. The number of hydrogen-bond acceptors (Lipinski definition) is 5. The molecule has 0 amide bonds. The highest BCUT2D eigenvalue weighted by molar-refractivity contribution is 6.33. The van der Waals surface area contributed by atoms with E-state index in [0.29, 0.717) is 17.4 Å². The van der Waals surface area contributed by atoms with E-state index in [1.807, 2.05) is 18.5 Å². The van der Waals surface area contributed by atoms with Gasteiger partial charge in [0, 0.05) is 55.2 Å². The third-order valence-corrected chi connectivity index (χ3v) is 5.02. The van der Waals surface area contributed by atoms with Crippen molar-refractivity contribution in [2.45, 2.75) is 38.7 Å². The summed E-state index contributed by atoms with van der Waals surface area (Å²) in [6.45, 7) is 4.42. The fraction of sp³-hybridized carbons (Fsp3) is 0.500. The van der Waals surface area contributed by atoms with Crippen LogP contribution in [0.2, 0.25) is 5.02 Å². The van der Waals surface area contributed by atoms with Crippen LogP contribution in [0.4, 0.5) is 5.69 Å². The number of hydrogen-bond donors (Lipinski definition) is 2. The number of halogens is 1. The van der Waals surface area contributed by atoms with Gasteiger partial charge in [0.05, 0.1) is 16.8 Å². The number of aromatic nitrogens is 2. The van der Waals surface area contributed by atoms with Crippen LogP contribution >= 0.6 is 11.6 Å². The van der Waals surface area contributed by atoms with Gasteiger partial charge in [0.15, 0.2) is 0 Å². The highest BCUT2D eigenvalue weighted by atomic mass is 35.5. The van der Waals surface area contributed by atoms with Crippen molar-refractivity contribution in [3.8, 4) is 11.1 Å². The minimum atomic E-state index is -0.338. The van der Waals surface area contributed by atoms with Gasteiger partial charge in [-0.3, -0.25) is 9.97 Å². The van der Waals surface area contributed by atoms with Crippen molar-refractivity contribution in [3.63, 3.8) is 0 Å². The number of rotatable bonds is 7. The highest BCUT2D eigenvalue weighted by Gasteiger charge is 2.14. The molecule has 140 valence electrons. The normalized spacial score (nSPS) is 16.4. The second-order valence-corrected chi connectivity index (χ2v) is 7.35. The van der Waals surface area contributed by atoms with Crippen molar-refractivity contribution >= 4 is 17.3 Å². The molecule has 0 aliphatic carbocycles. The molecule has 3 rings (SSSR count). The van der Waals surface area contributed by atoms with Crippen molar-refractivity contribution in [2.75, 3.05) is 25.1 Å². The van der Waals surface area contributed by atoms with E-state index < -0.39 is 0 Å². The molecule has 0 unspecified atom stereocenters. The van der Waals surface area contributed by atoms with Crippen LogP contribution in [0.1, 0.15) is 31.9 Å². The second kappa shape index (κ2) is 9.31. The standard InChI is InChI=1S/C20H26ClN3O2/c1-14(25)2-3-17-9-19(20(21)13-24-17)16-8-18(12-22-11-16)23-10-15-4-6-26-7-5-15/h8-9,11-15,23,25H,2-7,10H2,1H3/t14-/m0/s1. The molecule has 0 saturated carbocycles. The Morgan fingerprint density at radius 2 is 2.08 bits per heavy atom. The zero-order valence-electron chi connectivity index (χ0n) is 15.1. The first-order valence-corrected chi connectivity index (χ1v) is 9.59. The Kier molecular flexibility index (Phi) is 6.83. The predicted octanol–water partition coefficient (Wildman–Crippen LogP) is 3.95. The molecule has 5 nitrogen and oxygen atoms in total. The summed E-state index contributed by atoms with van der Waals surface area (Å²) in [6, 6.07) is 4.07. The van der Waals surface area contributed by atoms with Crippen LogP contribution in [0.3, 0.4) is 0 Å². The summed E-state index contributed by atoms with van der Waals surface area (Å²) in [4.78, 5) is 8.73. The molecule has 6 heteroatoms. The first-order chi connectivity index (χ1) is 12.6. The predicted molar refractivity (Wildman–Crippen MR) is 105 cm³/mol. The average Bonchev–Trinajstić information content (AvgIpc) is 2.67. The van der Waals surface area contributed by atoms with Gasteiger partial charge in [-0.05, 0) is 50.7 Å². The van der Waals surface area contributed by atoms with E-state index in [0.717, 1.165) is 61.5 Å². The van der Waals surface area contributed by atoms with Gasteiger partial charge in [0.25, 0.3) is 0 Å². The molecule has 3 heterocycles. The van der Waals surface area contributed by atoms with E-state index in [-0.39, 0.29) is 6.10 Å². The quantitative estimate of drug-likeness (QED) is 0.767. The smallest absolute Gasteiger partial charge is 0.0668 e. The second-order valence-electron chi connectivity index (χ2n) is 6.94. The maximum absolute atomic E-state index is 9.48. The molecule has 26 heavy (non-hydrogen) atoms. The van der Waals surface area contributed by atoms with Gasteiger partial charge in [-0.1, -0.05) is 11.6 Å². The topological polar surface area (TPSA) is 67.3 Å². The van der Waals surface area contributed by atoms with Crippen molar-refractivity contribution in [3.05, 3.63) is 41.4 Å². The fourth-order valence-corrected chi connectivity index (χ4v) is 3.31. The Balaban J connectivity index is 1.71. The van der Waals surface area contributed by atoms with Crippen molar-refractivity contribution in [2.24, 2.45) is 5.92 Å². The van der Waals surface area contributed by atoms with E-state index >= 15 is 0 Å². The van der Waals surface area contributed by atoms with E-state index in [2.05, 4.69) is 21.4 Å². The van der Waals surface area contributed by atoms with Gasteiger partial charge in [0.2, 0.25) is 0 Å². The molecule has 2 aromatic heterocycles. The molecule has 1 saturated heterocycles. The van der Waals surface area contributed by atoms with Gasteiger partial charge < -0.3 is 15.2 Å². The fourth-order valence-electron chi connectivity index (χ4n) is 3.09. The molecule has 2 N–H and O–H groups in total. The Hall–Kier alpha value is -1.69. The summed E-state index contributed by atoms with van der Waals surface area (Å²) >= 11 is 6.37. The van der Waals surface area contributed by atoms with E-state index in [1.165, 1.54) is 0 Å². The summed E-state index contributed by atoms with van der Waals surface area (Å²) in [5.74, 6) is 0.643. The molecule has 0 radical (unpaired) electrons. The number of pyridine rings is 2. The largest absolute Gasteiger partial charge is 0.393 e. The minimum Gasteiger partial charge on any atom is -0.393 e. The van der Waals surface area contributed by atoms with Gasteiger partial charge in [-0.15, -0.1) is 0 Å². The van der Waals surface area contributed by atoms with Crippen LogP contribution in [0.15, 0.2) is 30.7 Å². The number of anilines is 1. The van der Waals surface area contributed by atoms with Crippen LogP contribution in [-0.2, 0) is 11.2 Å². The van der Waals surface area contributed by atoms with E-state index in [1.54, 1.807) is 13.1 Å². The highest BCUT2D eigenvalue weighted by Crippen LogP contribution is 2.29. The lowest BCUT2D eigenvalue weighted by Gasteiger charge is -2.22. The van der Waals surface area contributed by atoms with Gasteiger partial charge in [-0.2, -0.15) is 0 Å². The number of aliphatic hydroxyl groups is 1. The third-order valence-electron chi connectivity index (χ3n) is 4.72. The Morgan fingerprint density at radius 3 is 2.85 bits per heavy atom. The molecular formula is C20H26ClN3O2. The summed E-state index contributed by atoms with van der Waals surface area (Å²) in [5, 5.41) is 13.6. The van der Waals surface area contributed by atoms with Gasteiger partial charge in [-0.25, -0.2) is 0 Å². The summed E-state index contributed by atoms with van der Waals surface area (Å²) in [5.41, 5.74) is 3.80. The summed E-state index contributed by atoms with van der Waals surface area (Å²) in [7, 11) is 0. The van der Waals surface area contributed by atoms with Crippen molar-refractivity contribution in [1.82, 2.24) is 9.97 Å². The molecule has 0 bridgehead atoms. The average molecular weight is 376 g/mol. The van der Waals surface area contributed by atoms with Crippen LogP contribution in [-0.4, -0.2) is 40.9 Å². The molecule has 0 spiro atoms. The van der Waals surface area contributed by atoms with Gasteiger partial charge in [0.1, 0.15) is 0 Å². The Bertz CT molecular complexity index is 718. The molecule has 1 fully saturated rings. The summed E-state index contributed by atoms with van der Waals surface area (Å²) < 4.78 is 5.41. The van der Waals surface area contributed by atoms with Crippen molar-refractivity contribution < 1.29 is 9.84 Å². The molecule has 1 atom stereocenters. The minimum absolute atomic E-state index is 0.338. The van der Waals surface area contributed by atoms with E-state index in [9.17, 15) is 5.11 Å². The molecule has 2 aromatic rings. The van der Waals surface area contributed by atoms with Crippen LogP contribution in [0.5, 0.6) is 0 Å². The lowest BCUT2D eigenvalue weighted by atomic mass is 10.0. The zero-order valence-corrected chi connectivity index (χ0v) is 15.9. The Labute approximate surface area is 159 Å². The summed E-state index contributed by atoms with van der Waals surface area (Å²) in [6.07, 6.45) is 8.60. The van der Waals surface area contributed by atoms with Crippen LogP contribution in [0.25, 0.3) is 11.1 Å².